The number of aliphatic hydroxyl groups is 1. The van der Waals surface area contributed by atoms with Gasteiger partial charge in [0.2, 0.25) is 1.43 Å². The molecular formula is C22H31NO3. The predicted molar refractivity (Wildman–Crippen MR) is 103 cm³/mol. The molecule has 1 fully saturated rings. The van der Waals surface area contributed by atoms with Crippen molar-refractivity contribution in [3.63, 3.8) is 0 Å². The molecule has 0 aromatic heterocycles. The lowest BCUT2D eigenvalue weighted by atomic mass is 9.73. The smallest absolute Gasteiger partial charge is 0.344 e. The molecule has 1 unspecified atom stereocenters. The van der Waals surface area contributed by atoms with Crippen molar-refractivity contribution in [3.05, 3.63) is 35.9 Å². The van der Waals surface area contributed by atoms with Crippen molar-refractivity contribution in [2.75, 3.05) is 26.1 Å². The Hall–Kier alpha value is -1.83. The Morgan fingerprint density at radius 3 is 2.77 bits per heavy atom. The number of esters is 1. The summed E-state index contributed by atoms with van der Waals surface area (Å²) in [7, 11) is 0. The Labute approximate surface area is 191 Å². The molecule has 0 bridgehead atoms. The lowest BCUT2D eigenvalue weighted by Crippen LogP contribution is -2.45. The topological polar surface area (TPSA) is 49.8 Å². The van der Waals surface area contributed by atoms with Crippen LogP contribution in [0, 0.1) is 17.7 Å². The van der Waals surface area contributed by atoms with Crippen LogP contribution in [0.25, 0.3) is 0 Å². The molecular weight excluding hydrogens is 326 g/mol. The zero-order valence-electron chi connectivity index (χ0n) is 37.3. The molecule has 0 aliphatic heterocycles. The van der Waals surface area contributed by atoms with Crippen molar-refractivity contribution in [3.8, 4) is 11.8 Å². The van der Waals surface area contributed by atoms with Crippen LogP contribution < -0.4 is 0 Å². The van der Waals surface area contributed by atoms with Crippen LogP contribution in [-0.4, -0.2) is 43.5 Å². The fourth-order valence-corrected chi connectivity index (χ4v) is 1.88. The molecule has 1 saturated carbocycles. The minimum absolute atomic E-state index is 0.803. The predicted octanol–water partition coefficient (Wildman–Crippen LogP) is 3.34. The molecule has 0 heterocycles. The van der Waals surface area contributed by atoms with Gasteiger partial charge in [-0.1, -0.05) is 75.0 Å². The van der Waals surface area contributed by atoms with Gasteiger partial charge in [-0.25, -0.2) is 4.79 Å². The van der Waals surface area contributed by atoms with E-state index in [1.165, 1.54) is 12.0 Å². The number of rotatable bonds is 8. The highest BCUT2D eigenvalue weighted by Crippen LogP contribution is 2.40. The van der Waals surface area contributed by atoms with Crippen LogP contribution >= 0.6 is 0 Å². The van der Waals surface area contributed by atoms with Gasteiger partial charge >= 0.3 is 5.97 Å². The van der Waals surface area contributed by atoms with Crippen molar-refractivity contribution >= 4 is 5.97 Å². The highest BCUT2D eigenvalue weighted by atomic mass is 16.5. The van der Waals surface area contributed by atoms with Crippen molar-refractivity contribution in [2.24, 2.45) is 5.89 Å². The van der Waals surface area contributed by atoms with Crippen LogP contribution in [0.3, 0.4) is 0 Å². The molecule has 1 N–H and O–H groups in total. The van der Waals surface area contributed by atoms with Gasteiger partial charge in [0.25, 0.3) is 0 Å². The van der Waals surface area contributed by atoms with Gasteiger partial charge in [0.05, 0.1) is 9.24 Å². The number of ether oxygens (including phenoxy) is 1. The molecule has 0 saturated heterocycles. The van der Waals surface area contributed by atoms with E-state index < -0.39 is 99.6 Å². The molecule has 2 rings (SSSR count). The molecule has 1 aromatic carbocycles. The van der Waals surface area contributed by atoms with E-state index in [9.17, 15) is 4.79 Å². The molecule has 1 aliphatic carbocycles. The Bertz CT molecular complexity index is 1430. The summed E-state index contributed by atoms with van der Waals surface area (Å²) in [6.07, 6.45) is -20.8. The summed E-state index contributed by atoms with van der Waals surface area (Å²) in [5.74, 6) is -3.16. The Morgan fingerprint density at radius 1 is 1.38 bits per heavy atom. The highest BCUT2D eigenvalue weighted by Gasteiger charge is 2.46. The quantitative estimate of drug-likeness (QED) is 0.554. The number of hydrogen-bond donors (Lipinski definition) is 1. The maximum atomic E-state index is 13.9. The van der Waals surface area contributed by atoms with Crippen LogP contribution in [0.2, 0.25) is 0 Å². The fourth-order valence-electron chi connectivity index (χ4n) is 1.88. The molecule has 1 aliphatic rings. The minimum atomic E-state index is -4.30. The summed E-state index contributed by atoms with van der Waals surface area (Å²) in [6, 6.07) is 5.23. The summed E-state index contributed by atoms with van der Waals surface area (Å²) in [6.45, 7) is -21.2. The summed E-state index contributed by atoms with van der Waals surface area (Å²) >= 11 is 0. The van der Waals surface area contributed by atoms with Gasteiger partial charge in [0.15, 0.2) is 12.2 Å². The van der Waals surface area contributed by atoms with E-state index in [0.29, 0.717) is 0 Å². The second kappa shape index (κ2) is 10.4. The number of nitrogens with zero attached hydrogens (tertiary/aromatic N) is 1. The van der Waals surface area contributed by atoms with Crippen molar-refractivity contribution in [1.82, 2.24) is 4.90 Å². The second-order valence-corrected chi connectivity index (χ2v) is 4.60. The van der Waals surface area contributed by atoms with Crippen LogP contribution in [0.4, 0.5) is 0 Å². The van der Waals surface area contributed by atoms with Gasteiger partial charge in [-0.15, -0.1) is 0 Å². The third kappa shape index (κ3) is 5.09. The monoisotopic (exact) mass is 381 g/mol. The lowest BCUT2D eigenvalue weighted by molar-refractivity contribution is -0.174. The summed E-state index contributed by atoms with van der Waals surface area (Å²) in [4.78, 5) is 13.1. The minimum Gasteiger partial charge on any atom is -0.450 e. The van der Waals surface area contributed by atoms with E-state index >= 15 is 0 Å². The highest BCUT2D eigenvalue weighted by molar-refractivity contribution is 5.81. The third-order valence-electron chi connectivity index (χ3n) is 3.07. The lowest BCUT2D eigenvalue weighted by Gasteiger charge is -2.36. The van der Waals surface area contributed by atoms with Crippen molar-refractivity contribution in [1.29, 1.82) is 1.43 Å². The molecule has 4 heteroatoms. The Kier molecular flexibility index (Phi) is 2.14. The molecule has 4 nitrogen and oxygen atoms in total. The van der Waals surface area contributed by atoms with E-state index in [2.05, 4.69) is 5.11 Å². The van der Waals surface area contributed by atoms with E-state index in [4.69, 9.17) is 37.7 Å². The van der Waals surface area contributed by atoms with Crippen LogP contribution in [0.15, 0.2) is 30.3 Å². The first-order valence-corrected chi connectivity index (χ1v) is 7.09. The van der Waals surface area contributed by atoms with Crippen LogP contribution in [-0.2, 0) is 15.1 Å². The maximum Gasteiger partial charge on any atom is 0.344 e. The van der Waals surface area contributed by atoms with Gasteiger partial charge in [-0.05, 0) is 31.3 Å². The standard InChI is InChI=1S/C22H31NO3/c1-3-23(4-2)17-11-12-18-26-21(24)22(25,19-13-7-5-8-14-19)20-15-9-6-10-16-20/h5,7-8,13-14,20,25H,3-4,6,9-10,15-18H2,1-2H3/i1D3,2D3,3D2,4D2,6D2,9D2,10D2,15D2,16D2,17D2,20D,25D. The Balaban J connectivity index is 2.84. The van der Waals surface area contributed by atoms with Gasteiger partial charge in [0, 0.05) is 34.7 Å². The Morgan fingerprint density at radius 2 is 2.12 bits per heavy atom. The molecule has 1 aromatic rings. The van der Waals surface area contributed by atoms with Crippen LogP contribution in [0.1, 0.15) is 82.7 Å². The van der Waals surface area contributed by atoms with Crippen molar-refractivity contribution < 1.29 is 46.2 Å². The molecule has 26 heavy (non-hydrogen) atoms. The number of benzene rings is 1. The van der Waals surface area contributed by atoms with E-state index in [-0.39, 0.29) is 0 Å². The first-order chi connectivity index (χ1) is 21.9. The van der Waals surface area contributed by atoms with Gasteiger partial charge in [0.1, 0.15) is 0 Å². The summed E-state index contributed by atoms with van der Waals surface area (Å²) < 4.78 is 198. The molecule has 0 spiro atoms. The number of carbonyl (C=O) groups excluding carboxylic acids is 1. The maximum absolute atomic E-state index is 13.9. The normalized spacial score (nSPS) is 44.3. The zero-order valence-corrected chi connectivity index (χ0v) is 13.3. The van der Waals surface area contributed by atoms with Crippen molar-refractivity contribution in [2.45, 2.75) is 51.2 Å². The number of carbonyl (C=O) groups is 1. The zero-order chi connectivity index (χ0) is 39.8. The van der Waals surface area contributed by atoms with E-state index in [1.807, 2.05) is 0 Å². The van der Waals surface area contributed by atoms with Gasteiger partial charge in [-0.3, -0.25) is 4.90 Å². The first-order valence-electron chi connectivity index (χ1n) is 19.0. The largest absolute Gasteiger partial charge is 0.450 e. The average molecular weight is 382 g/mol. The molecule has 1 atom stereocenters. The van der Waals surface area contributed by atoms with Crippen LogP contribution in [0.5, 0.6) is 0 Å². The van der Waals surface area contributed by atoms with Gasteiger partial charge < -0.3 is 9.85 Å². The third-order valence-corrected chi connectivity index (χ3v) is 3.07. The summed E-state index contributed by atoms with van der Waals surface area (Å²) in [5.41, 5.74) is -4.65. The SMILES string of the molecule is [2H]OC(C(=O)OCC#CC([2H])([2H])N(C([2H])([2H])C([2H])([2H])[2H])C([2H])([2H])C([2H])([2H])[2H])(c1ccccc1)C1([2H])C([2H])([2H])C([2H])([2H])C([2H])([2H])C([2H])([2H])C1([2H])[2H]. The van der Waals surface area contributed by atoms with Gasteiger partial charge in [-0.2, -0.15) is 0 Å². The fraction of sp³-hybridized carbons (Fsp3) is 0.591. The molecule has 0 amide bonds. The van der Waals surface area contributed by atoms with E-state index in [1.54, 1.807) is 5.92 Å². The number of hydrogen-bond acceptors (Lipinski definition) is 4. The first kappa shape index (κ1) is 5.37. The molecule has 142 valence electrons. The molecule has 0 radical (unpaired) electrons. The van der Waals surface area contributed by atoms with E-state index in [0.717, 1.165) is 24.3 Å². The average Bonchev–Trinajstić information content (AvgIpc) is 2.93. The second-order valence-electron chi connectivity index (χ2n) is 4.60. The summed E-state index contributed by atoms with van der Waals surface area (Å²) in [5, 5.41) is 4.55.